The molecule has 0 bridgehead atoms. The van der Waals surface area contributed by atoms with Crippen LogP contribution in [-0.4, -0.2) is 13.9 Å². The van der Waals surface area contributed by atoms with E-state index in [1.807, 2.05) is 0 Å². The van der Waals surface area contributed by atoms with Gasteiger partial charge >= 0.3 is 15.6 Å². The van der Waals surface area contributed by atoms with Gasteiger partial charge in [0.1, 0.15) is 5.76 Å². The Balaban J connectivity index is 2.79. The van der Waals surface area contributed by atoms with E-state index in [0.717, 1.165) is 6.42 Å². The van der Waals surface area contributed by atoms with Crippen molar-refractivity contribution >= 4 is 10.1 Å². The van der Waals surface area contributed by atoms with E-state index >= 15 is 0 Å². The van der Waals surface area contributed by atoms with Crippen LogP contribution in [0, 0.1) is 0 Å². The van der Waals surface area contributed by atoms with Crippen molar-refractivity contribution in [3.8, 4) is 0 Å². The summed E-state index contributed by atoms with van der Waals surface area (Å²) < 4.78 is 60.5. The highest BCUT2D eigenvalue weighted by molar-refractivity contribution is 7.87. The Bertz CT molecular complexity index is 347. The van der Waals surface area contributed by atoms with Crippen molar-refractivity contribution in [2.45, 2.75) is 31.7 Å². The van der Waals surface area contributed by atoms with Crippen molar-refractivity contribution < 1.29 is 25.8 Å². The van der Waals surface area contributed by atoms with Crippen LogP contribution in [0.5, 0.6) is 0 Å². The molecular weight excluding hydrogens is 221 g/mol. The van der Waals surface area contributed by atoms with Crippen LogP contribution in [-0.2, 0) is 14.3 Å². The van der Waals surface area contributed by atoms with Gasteiger partial charge in [0.2, 0.25) is 0 Å². The highest BCUT2D eigenvalue weighted by Gasteiger charge is 2.48. The van der Waals surface area contributed by atoms with Gasteiger partial charge in [-0.05, 0) is 31.8 Å². The van der Waals surface area contributed by atoms with E-state index in [-0.39, 0.29) is 5.76 Å². The maximum Gasteiger partial charge on any atom is 0.534 e. The Morgan fingerprint density at radius 1 is 1.36 bits per heavy atom. The molecule has 0 spiro atoms. The van der Waals surface area contributed by atoms with Crippen LogP contribution in [0.3, 0.4) is 0 Å². The molecule has 82 valence electrons. The molecule has 14 heavy (non-hydrogen) atoms. The molecule has 3 nitrogen and oxygen atoms in total. The molecule has 0 N–H and O–H groups in total. The minimum absolute atomic E-state index is 0.145. The Hall–Kier alpha value is -0.720. The second-order valence-electron chi connectivity index (χ2n) is 3.00. The number of alkyl halides is 3. The lowest BCUT2D eigenvalue weighted by Gasteiger charge is -2.19. The number of hydrogen-bond donors (Lipinski definition) is 0. The van der Waals surface area contributed by atoms with Crippen LogP contribution >= 0.6 is 0 Å². The molecule has 0 amide bonds. The molecule has 0 unspecified atom stereocenters. The Kier molecular flexibility index (Phi) is 2.80. The molecule has 1 fully saturated rings. The van der Waals surface area contributed by atoms with Crippen LogP contribution in [0.25, 0.3) is 0 Å². The molecule has 1 saturated carbocycles. The van der Waals surface area contributed by atoms with Crippen LogP contribution in [0.4, 0.5) is 13.2 Å². The van der Waals surface area contributed by atoms with Crippen LogP contribution in [0.15, 0.2) is 11.3 Å². The van der Waals surface area contributed by atoms with Crippen molar-refractivity contribution in [1.82, 2.24) is 0 Å². The fourth-order valence-electron chi connectivity index (χ4n) is 0.976. The summed E-state index contributed by atoms with van der Waals surface area (Å²) in [6, 6.07) is 0. The van der Waals surface area contributed by atoms with E-state index in [1.165, 1.54) is 6.92 Å². The fraction of sp³-hybridized carbons (Fsp3) is 0.714. The molecule has 0 aromatic carbocycles. The van der Waals surface area contributed by atoms with E-state index in [1.54, 1.807) is 0 Å². The molecule has 0 aliphatic heterocycles. The molecule has 7 heteroatoms. The first-order valence-electron chi connectivity index (χ1n) is 3.93. The van der Waals surface area contributed by atoms with Gasteiger partial charge in [0, 0.05) is 0 Å². The van der Waals surface area contributed by atoms with Crippen LogP contribution in [0.1, 0.15) is 26.2 Å². The Morgan fingerprint density at radius 2 is 1.86 bits per heavy atom. The lowest BCUT2D eigenvalue weighted by molar-refractivity contribution is -0.0522. The molecule has 0 atom stereocenters. The molecule has 1 rings (SSSR count). The normalized spacial score (nSPS) is 17.6. The maximum atomic E-state index is 11.8. The molecule has 1 aliphatic carbocycles. The van der Waals surface area contributed by atoms with Gasteiger partial charge in [-0.25, -0.2) is 0 Å². The average Bonchev–Trinajstić information content (AvgIpc) is 1.76. The third-order valence-electron chi connectivity index (χ3n) is 1.97. The van der Waals surface area contributed by atoms with Gasteiger partial charge in [-0.1, -0.05) is 0 Å². The maximum absolute atomic E-state index is 11.8. The molecule has 0 aromatic heterocycles. The largest absolute Gasteiger partial charge is 0.534 e. The quantitative estimate of drug-likeness (QED) is 0.415. The first-order valence-corrected chi connectivity index (χ1v) is 5.34. The van der Waals surface area contributed by atoms with E-state index in [2.05, 4.69) is 4.18 Å². The van der Waals surface area contributed by atoms with Gasteiger partial charge in [-0.3, -0.25) is 0 Å². The van der Waals surface area contributed by atoms with E-state index < -0.39 is 15.6 Å². The van der Waals surface area contributed by atoms with Crippen molar-refractivity contribution in [3.05, 3.63) is 11.3 Å². The van der Waals surface area contributed by atoms with E-state index in [4.69, 9.17) is 0 Å². The Labute approximate surface area is 79.7 Å². The van der Waals surface area contributed by atoms with Crippen molar-refractivity contribution in [3.63, 3.8) is 0 Å². The molecule has 0 saturated heterocycles. The number of rotatable bonds is 2. The van der Waals surface area contributed by atoms with E-state index in [9.17, 15) is 21.6 Å². The van der Waals surface area contributed by atoms with Crippen molar-refractivity contribution in [2.24, 2.45) is 0 Å². The molecule has 1 aliphatic rings. The Morgan fingerprint density at radius 3 is 2.14 bits per heavy atom. The van der Waals surface area contributed by atoms with Crippen molar-refractivity contribution in [1.29, 1.82) is 0 Å². The summed E-state index contributed by atoms with van der Waals surface area (Å²) >= 11 is 0. The number of allylic oxidation sites excluding steroid dienone is 2. The third-order valence-corrected chi connectivity index (χ3v) is 3.01. The smallest absolute Gasteiger partial charge is 0.381 e. The van der Waals surface area contributed by atoms with Crippen molar-refractivity contribution in [2.75, 3.05) is 0 Å². The molecule has 0 aromatic rings. The third kappa shape index (κ3) is 2.20. The van der Waals surface area contributed by atoms with E-state index in [0.29, 0.717) is 18.4 Å². The van der Waals surface area contributed by atoms with Gasteiger partial charge in [0.05, 0.1) is 0 Å². The standard InChI is InChI=1S/C7H9F3O3S/c1-5(6-3-2-4-6)13-14(11,12)7(8,9)10/h2-4H2,1H3. The van der Waals surface area contributed by atoms with Gasteiger partial charge < -0.3 is 4.18 Å². The lowest BCUT2D eigenvalue weighted by atomic mass is 9.92. The fourth-order valence-corrected chi connectivity index (χ4v) is 1.52. The zero-order valence-electron chi connectivity index (χ0n) is 7.39. The summed E-state index contributed by atoms with van der Waals surface area (Å²) in [7, 11) is -5.48. The first kappa shape index (κ1) is 11.4. The SMILES string of the molecule is CC(OS(=O)(=O)C(F)(F)F)=C1CCC1. The molecule has 0 heterocycles. The second kappa shape index (κ2) is 3.45. The average molecular weight is 230 g/mol. The highest BCUT2D eigenvalue weighted by atomic mass is 32.2. The van der Waals surface area contributed by atoms with Gasteiger partial charge in [0.25, 0.3) is 0 Å². The monoisotopic (exact) mass is 230 g/mol. The predicted molar refractivity (Wildman–Crippen MR) is 42.6 cm³/mol. The van der Waals surface area contributed by atoms with Crippen LogP contribution in [0.2, 0.25) is 0 Å². The van der Waals surface area contributed by atoms with Gasteiger partial charge in [0.15, 0.2) is 0 Å². The van der Waals surface area contributed by atoms with Gasteiger partial charge in [-0.15, -0.1) is 0 Å². The second-order valence-corrected chi connectivity index (χ2v) is 4.53. The topological polar surface area (TPSA) is 43.4 Å². The zero-order valence-corrected chi connectivity index (χ0v) is 8.20. The summed E-state index contributed by atoms with van der Waals surface area (Å²) in [4.78, 5) is 0. The zero-order chi connectivity index (χ0) is 11.0. The molecular formula is C7H9F3O3S. The summed E-state index contributed by atoms with van der Waals surface area (Å²) in [5.74, 6) is -0.145. The summed E-state index contributed by atoms with van der Waals surface area (Å²) in [6.07, 6.45) is 2.08. The predicted octanol–water partition coefficient (Wildman–Crippen LogP) is 2.31. The minimum atomic E-state index is -5.48. The number of hydrogen-bond acceptors (Lipinski definition) is 3. The summed E-state index contributed by atoms with van der Waals surface area (Å²) in [5.41, 5.74) is -4.71. The minimum Gasteiger partial charge on any atom is -0.381 e. The highest BCUT2D eigenvalue weighted by Crippen LogP contribution is 2.32. The lowest BCUT2D eigenvalue weighted by Crippen LogP contribution is -2.25. The van der Waals surface area contributed by atoms with Crippen LogP contribution < -0.4 is 0 Å². The van der Waals surface area contributed by atoms with Gasteiger partial charge in [-0.2, -0.15) is 21.6 Å². The number of halogens is 3. The first-order chi connectivity index (χ1) is 6.24. The molecule has 0 radical (unpaired) electrons. The summed E-state index contributed by atoms with van der Waals surface area (Å²) in [5, 5.41) is 0. The summed E-state index contributed by atoms with van der Waals surface area (Å²) in [6.45, 7) is 1.23.